The summed E-state index contributed by atoms with van der Waals surface area (Å²) in [6.45, 7) is -0.662. The van der Waals surface area contributed by atoms with Crippen LogP contribution in [0.15, 0.2) is 53.4 Å². The Balaban J connectivity index is 1.56. The minimum absolute atomic E-state index is 0.0327. The van der Waals surface area contributed by atoms with E-state index in [0.717, 1.165) is 37.3 Å². The molecule has 0 saturated heterocycles. The second kappa shape index (κ2) is 11.3. The van der Waals surface area contributed by atoms with E-state index in [1.807, 2.05) is 6.07 Å². The Hall–Kier alpha value is -2.95. The van der Waals surface area contributed by atoms with Gasteiger partial charge < -0.3 is 10.1 Å². The van der Waals surface area contributed by atoms with Crippen molar-refractivity contribution in [3.05, 3.63) is 64.7 Å². The molecule has 0 bridgehead atoms. The van der Waals surface area contributed by atoms with Crippen molar-refractivity contribution in [3.8, 4) is 0 Å². The van der Waals surface area contributed by atoms with Crippen molar-refractivity contribution >= 4 is 39.5 Å². The molecule has 3 rings (SSSR count). The van der Waals surface area contributed by atoms with Crippen LogP contribution < -0.4 is 15.4 Å². The number of amides is 3. The van der Waals surface area contributed by atoms with Crippen LogP contribution in [0, 0.1) is 0 Å². The van der Waals surface area contributed by atoms with Crippen LogP contribution in [0.1, 0.15) is 41.6 Å². The summed E-state index contributed by atoms with van der Waals surface area (Å²) in [7, 11) is -4.03. The molecular weight excluding hydrogens is 470 g/mol. The smallest absolute Gasteiger partial charge is 0.338 e. The lowest BCUT2D eigenvalue weighted by atomic mass is 10.2. The van der Waals surface area contributed by atoms with E-state index in [0.29, 0.717) is 0 Å². The van der Waals surface area contributed by atoms with Crippen molar-refractivity contribution in [2.75, 3.05) is 6.61 Å². The summed E-state index contributed by atoms with van der Waals surface area (Å²) in [5.41, 5.74) is 0.637. The summed E-state index contributed by atoms with van der Waals surface area (Å²) in [5, 5.41) is 4.71. The maximum absolute atomic E-state index is 12.7. The Morgan fingerprint density at radius 2 is 1.73 bits per heavy atom. The van der Waals surface area contributed by atoms with Gasteiger partial charge in [0.25, 0.3) is 5.91 Å². The van der Waals surface area contributed by atoms with E-state index in [1.54, 1.807) is 24.3 Å². The van der Waals surface area contributed by atoms with Crippen molar-refractivity contribution in [3.63, 3.8) is 0 Å². The summed E-state index contributed by atoms with van der Waals surface area (Å²) in [4.78, 5) is 35.7. The topological polar surface area (TPSA) is 131 Å². The fourth-order valence-electron chi connectivity index (χ4n) is 3.36. The molecule has 1 aliphatic rings. The summed E-state index contributed by atoms with van der Waals surface area (Å²) in [5.74, 6) is -1.73. The average Bonchev–Trinajstić information content (AvgIpc) is 3.30. The second-order valence-electron chi connectivity index (χ2n) is 7.53. The highest BCUT2D eigenvalue weighted by Crippen LogP contribution is 2.23. The number of rotatable bonds is 8. The van der Waals surface area contributed by atoms with Gasteiger partial charge in [0.2, 0.25) is 10.0 Å². The Morgan fingerprint density at radius 3 is 2.42 bits per heavy atom. The molecule has 0 aliphatic heterocycles. The average molecular weight is 494 g/mol. The molecule has 2 aromatic rings. The van der Waals surface area contributed by atoms with E-state index in [2.05, 4.69) is 15.4 Å². The molecule has 3 N–H and O–H groups in total. The third kappa shape index (κ3) is 7.28. The van der Waals surface area contributed by atoms with Crippen molar-refractivity contribution in [1.82, 2.24) is 15.4 Å². The first-order chi connectivity index (χ1) is 15.7. The molecule has 0 heterocycles. The third-order valence-electron chi connectivity index (χ3n) is 5.04. The second-order valence-corrected chi connectivity index (χ2v) is 9.68. The molecule has 0 radical (unpaired) electrons. The number of urea groups is 1. The molecule has 9 nitrogen and oxygen atoms in total. The van der Waals surface area contributed by atoms with Gasteiger partial charge in [0.15, 0.2) is 6.61 Å². The van der Waals surface area contributed by atoms with Crippen LogP contribution in [0.25, 0.3) is 0 Å². The van der Waals surface area contributed by atoms with Gasteiger partial charge in [-0.3, -0.25) is 10.1 Å². The monoisotopic (exact) mass is 493 g/mol. The largest absolute Gasteiger partial charge is 0.452 e. The molecule has 176 valence electrons. The highest BCUT2D eigenvalue weighted by Gasteiger charge is 2.22. The molecule has 11 heteroatoms. The first-order valence-electron chi connectivity index (χ1n) is 10.4. The molecule has 1 saturated carbocycles. The zero-order valence-electron chi connectivity index (χ0n) is 17.7. The molecule has 0 atom stereocenters. The molecule has 33 heavy (non-hydrogen) atoms. The molecule has 0 spiro atoms. The van der Waals surface area contributed by atoms with Gasteiger partial charge in [0, 0.05) is 12.6 Å². The highest BCUT2D eigenvalue weighted by atomic mass is 35.5. The molecule has 1 aliphatic carbocycles. The number of hydrogen-bond acceptors (Lipinski definition) is 6. The number of hydrogen-bond donors (Lipinski definition) is 3. The minimum atomic E-state index is -4.03. The Morgan fingerprint density at radius 1 is 1.03 bits per heavy atom. The fourth-order valence-corrected chi connectivity index (χ4v) is 4.90. The Bertz CT molecular complexity index is 1120. The van der Waals surface area contributed by atoms with Crippen LogP contribution in [0.3, 0.4) is 0 Å². The number of sulfonamides is 1. The van der Waals surface area contributed by atoms with Gasteiger partial charge in [0.1, 0.15) is 4.90 Å². The summed E-state index contributed by atoms with van der Waals surface area (Å²) in [6, 6.07) is 11.9. The predicted molar refractivity (Wildman–Crippen MR) is 121 cm³/mol. The number of nitrogens with one attached hydrogen (secondary N) is 3. The first kappa shape index (κ1) is 24.7. The van der Waals surface area contributed by atoms with E-state index in [1.165, 1.54) is 12.1 Å². The van der Waals surface area contributed by atoms with E-state index < -0.39 is 34.5 Å². The summed E-state index contributed by atoms with van der Waals surface area (Å²) >= 11 is 6.04. The van der Waals surface area contributed by atoms with E-state index in [4.69, 9.17) is 16.3 Å². The van der Waals surface area contributed by atoms with Crippen molar-refractivity contribution in [2.45, 2.75) is 43.2 Å². The van der Waals surface area contributed by atoms with Crippen molar-refractivity contribution in [1.29, 1.82) is 0 Å². The van der Waals surface area contributed by atoms with Crippen molar-refractivity contribution in [2.24, 2.45) is 0 Å². The van der Waals surface area contributed by atoms with Gasteiger partial charge in [-0.2, -0.15) is 0 Å². The molecule has 0 aromatic heterocycles. The van der Waals surface area contributed by atoms with E-state index in [9.17, 15) is 22.8 Å². The number of carbonyl (C=O) groups is 3. The van der Waals surface area contributed by atoms with Crippen LogP contribution in [-0.4, -0.2) is 39.0 Å². The first-order valence-corrected chi connectivity index (χ1v) is 12.2. The standard InChI is InChI=1S/C22H24ClN3O6S/c23-18-11-10-16(12-19(18)33(30,31)24-13-15-6-2-1-3-7-15)21(28)32-14-20(27)26-22(29)25-17-8-4-5-9-17/h1-3,6-7,10-12,17,24H,4-5,8-9,13-14H2,(H2,25,26,27,29). The zero-order valence-corrected chi connectivity index (χ0v) is 19.2. The van der Waals surface area contributed by atoms with Gasteiger partial charge in [-0.1, -0.05) is 54.8 Å². The quantitative estimate of drug-likeness (QED) is 0.485. The van der Waals surface area contributed by atoms with E-state index >= 15 is 0 Å². The normalized spacial score (nSPS) is 14.0. The van der Waals surface area contributed by atoms with Crippen LogP contribution in [0.2, 0.25) is 5.02 Å². The molecule has 3 amide bonds. The van der Waals surface area contributed by atoms with Gasteiger partial charge in [-0.05, 0) is 36.6 Å². The number of esters is 1. The fraction of sp³-hybridized carbons (Fsp3) is 0.318. The number of carbonyl (C=O) groups excluding carboxylic acids is 3. The SMILES string of the molecule is O=C(COC(=O)c1ccc(Cl)c(S(=O)(=O)NCc2ccccc2)c1)NC(=O)NC1CCCC1. The minimum Gasteiger partial charge on any atom is -0.452 e. The number of ether oxygens (including phenoxy) is 1. The van der Waals surface area contributed by atoms with Gasteiger partial charge in [-0.25, -0.2) is 22.7 Å². The predicted octanol–water partition coefficient (Wildman–Crippen LogP) is 2.74. The van der Waals surface area contributed by atoms with Gasteiger partial charge in [-0.15, -0.1) is 0 Å². The van der Waals surface area contributed by atoms with Crippen LogP contribution in [0.4, 0.5) is 4.79 Å². The van der Waals surface area contributed by atoms with Gasteiger partial charge >= 0.3 is 12.0 Å². The molecular formula is C22H24ClN3O6S. The molecule has 1 fully saturated rings. The number of imide groups is 1. The van der Waals surface area contributed by atoms with Crippen LogP contribution >= 0.6 is 11.6 Å². The summed E-state index contributed by atoms with van der Waals surface area (Å²) < 4.78 is 32.7. The molecule has 0 unspecified atom stereocenters. The number of halogens is 1. The lowest BCUT2D eigenvalue weighted by molar-refractivity contribution is -0.123. The maximum atomic E-state index is 12.7. The lowest BCUT2D eigenvalue weighted by Crippen LogP contribution is -2.45. The highest BCUT2D eigenvalue weighted by molar-refractivity contribution is 7.89. The third-order valence-corrected chi connectivity index (χ3v) is 6.93. The van der Waals surface area contributed by atoms with Crippen LogP contribution in [-0.2, 0) is 26.1 Å². The van der Waals surface area contributed by atoms with Gasteiger partial charge in [0.05, 0.1) is 10.6 Å². The Kier molecular flexibility index (Phi) is 8.43. The molecule has 2 aromatic carbocycles. The summed E-state index contributed by atoms with van der Waals surface area (Å²) in [6.07, 6.45) is 3.77. The number of benzene rings is 2. The lowest BCUT2D eigenvalue weighted by Gasteiger charge is -2.12. The van der Waals surface area contributed by atoms with E-state index in [-0.39, 0.29) is 28.1 Å². The zero-order chi connectivity index (χ0) is 23.8. The van der Waals surface area contributed by atoms with Crippen molar-refractivity contribution < 1.29 is 27.5 Å². The maximum Gasteiger partial charge on any atom is 0.338 e. The Labute approximate surface area is 196 Å². The van der Waals surface area contributed by atoms with Crippen LogP contribution in [0.5, 0.6) is 0 Å².